The average Bonchev–Trinajstić information content (AvgIpc) is 3.10. The monoisotopic (exact) mass is 366 g/mol. The Morgan fingerprint density at radius 3 is 2.44 bits per heavy atom. The highest BCUT2D eigenvalue weighted by Gasteiger charge is 2.12. The van der Waals surface area contributed by atoms with Crippen LogP contribution in [0, 0.1) is 0 Å². The van der Waals surface area contributed by atoms with Gasteiger partial charge in [0.15, 0.2) is 11.5 Å². The summed E-state index contributed by atoms with van der Waals surface area (Å²) in [6, 6.07) is 11.8. The van der Waals surface area contributed by atoms with E-state index in [2.05, 4.69) is 46.3 Å². The number of amides is 1. The van der Waals surface area contributed by atoms with Crippen LogP contribution in [0.15, 0.2) is 36.4 Å². The van der Waals surface area contributed by atoms with E-state index in [4.69, 9.17) is 0 Å². The molecule has 2 aromatic heterocycles. The third-order valence-corrected chi connectivity index (χ3v) is 4.62. The number of hydrogen-bond acceptors (Lipinski definition) is 5. The van der Waals surface area contributed by atoms with Gasteiger partial charge in [0, 0.05) is 31.6 Å². The number of aromatic nitrogens is 4. The lowest BCUT2D eigenvalue weighted by molar-refractivity contribution is -0.116. The van der Waals surface area contributed by atoms with Gasteiger partial charge >= 0.3 is 0 Å². The Morgan fingerprint density at radius 2 is 1.78 bits per heavy atom. The normalized spacial score (nSPS) is 10.9. The summed E-state index contributed by atoms with van der Waals surface area (Å²) in [5.41, 5.74) is 2.75. The van der Waals surface area contributed by atoms with Gasteiger partial charge in [0.25, 0.3) is 0 Å². The highest BCUT2D eigenvalue weighted by atomic mass is 16.1. The van der Waals surface area contributed by atoms with Gasteiger partial charge in [-0.2, -0.15) is 4.52 Å². The van der Waals surface area contributed by atoms with E-state index in [1.807, 2.05) is 36.4 Å². The fraction of sp³-hybridized carbons (Fsp3) is 0.400. The largest absolute Gasteiger partial charge is 0.356 e. The van der Waals surface area contributed by atoms with Crippen LogP contribution >= 0.6 is 0 Å². The van der Waals surface area contributed by atoms with Crippen molar-refractivity contribution < 1.29 is 4.79 Å². The molecule has 2 heterocycles. The van der Waals surface area contributed by atoms with Crippen LogP contribution in [0.5, 0.6) is 0 Å². The van der Waals surface area contributed by atoms with Gasteiger partial charge in [-0.3, -0.25) is 4.79 Å². The van der Waals surface area contributed by atoms with Gasteiger partial charge in [0.05, 0.1) is 0 Å². The fourth-order valence-corrected chi connectivity index (χ4v) is 2.97. The minimum absolute atomic E-state index is 0.0455. The van der Waals surface area contributed by atoms with Crippen molar-refractivity contribution in [3.8, 4) is 0 Å². The molecule has 0 saturated heterocycles. The van der Waals surface area contributed by atoms with Crippen LogP contribution in [0.4, 0.5) is 11.5 Å². The van der Waals surface area contributed by atoms with E-state index >= 15 is 0 Å². The first kappa shape index (κ1) is 18.8. The van der Waals surface area contributed by atoms with Crippen LogP contribution in [0.3, 0.4) is 0 Å². The van der Waals surface area contributed by atoms with Gasteiger partial charge in [0.2, 0.25) is 5.91 Å². The predicted molar refractivity (Wildman–Crippen MR) is 107 cm³/mol. The lowest BCUT2D eigenvalue weighted by atomic mass is 10.1. The highest BCUT2D eigenvalue weighted by Crippen LogP contribution is 2.14. The van der Waals surface area contributed by atoms with E-state index in [0.717, 1.165) is 31.0 Å². The first-order valence-corrected chi connectivity index (χ1v) is 9.49. The molecule has 7 heteroatoms. The Kier molecular flexibility index (Phi) is 6.01. The molecule has 0 radical (unpaired) electrons. The molecule has 3 aromatic rings. The predicted octanol–water partition coefficient (Wildman–Crippen LogP) is 3.10. The van der Waals surface area contributed by atoms with E-state index < -0.39 is 0 Å². The number of benzene rings is 1. The number of anilines is 2. The molecule has 0 unspecified atom stereocenters. The molecule has 0 aliphatic rings. The van der Waals surface area contributed by atoms with Crippen LogP contribution in [0.1, 0.15) is 38.6 Å². The molecule has 0 aliphatic carbocycles. The maximum Gasteiger partial charge on any atom is 0.224 e. The van der Waals surface area contributed by atoms with Crippen molar-refractivity contribution in [2.24, 2.45) is 0 Å². The van der Waals surface area contributed by atoms with E-state index in [0.29, 0.717) is 24.3 Å². The molecule has 1 aromatic carbocycles. The quantitative estimate of drug-likeness (QED) is 0.663. The standard InChI is InChI=1S/C20H26N6O/c1-4-15-7-9-16(10-8-15)21-20(27)14-13-18-23-22-17-11-12-19(24-26(17)18)25(5-2)6-3/h7-12H,4-6,13-14H2,1-3H3,(H,21,27). The first-order valence-electron chi connectivity index (χ1n) is 9.49. The van der Waals surface area contributed by atoms with Crippen molar-refractivity contribution in [1.29, 1.82) is 0 Å². The SMILES string of the molecule is CCc1ccc(NC(=O)CCc2nnc3ccc(N(CC)CC)nn23)cc1. The molecule has 0 bridgehead atoms. The van der Waals surface area contributed by atoms with Crippen molar-refractivity contribution in [2.45, 2.75) is 40.0 Å². The molecular weight excluding hydrogens is 340 g/mol. The average molecular weight is 366 g/mol. The Balaban J connectivity index is 1.66. The second kappa shape index (κ2) is 8.62. The number of rotatable bonds is 8. The topological polar surface area (TPSA) is 75.4 Å². The zero-order chi connectivity index (χ0) is 19.2. The molecule has 0 aliphatic heterocycles. The molecule has 0 atom stereocenters. The molecule has 0 spiro atoms. The van der Waals surface area contributed by atoms with Crippen LogP contribution in [-0.2, 0) is 17.6 Å². The van der Waals surface area contributed by atoms with Gasteiger partial charge in [-0.05, 0) is 50.1 Å². The van der Waals surface area contributed by atoms with E-state index in [1.54, 1.807) is 4.52 Å². The molecule has 27 heavy (non-hydrogen) atoms. The highest BCUT2D eigenvalue weighted by molar-refractivity contribution is 5.90. The summed E-state index contributed by atoms with van der Waals surface area (Å²) in [6.07, 6.45) is 1.79. The molecule has 0 fully saturated rings. The number of carbonyl (C=O) groups excluding carboxylic acids is 1. The summed E-state index contributed by atoms with van der Waals surface area (Å²) in [5, 5.41) is 15.9. The van der Waals surface area contributed by atoms with Crippen molar-refractivity contribution in [3.63, 3.8) is 0 Å². The number of fused-ring (bicyclic) bond motifs is 1. The van der Waals surface area contributed by atoms with Gasteiger partial charge in [-0.1, -0.05) is 19.1 Å². The minimum Gasteiger partial charge on any atom is -0.356 e. The molecule has 1 amide bonds. The van der Waals surface area contributed by atoms with Crippen LogP contribution < -0.4 is 10.2 Å². The number of nitrogens with one attached hydrogen (secondary N) is 1. The first-order chi connectivity index (χ1) is 13.1. The van der Waals surface area contributed by atoms with Crippen LogP contribution in [0.2, 0.25) is 0 Å². The zero-order valence-electron chi connectivity index (χ0n) is 16.1. The van der Waals surface area contributed by atoms with Crippen LogP contribution in [0.25, 0.3) is 5.65 Å². The van der Waals surface area contributed by atoms with Crippen molar-refractivity contribution in [3.05, 3.63) is 47.8 Å². The Labute approximate surface area is 159 Å². The maximum atomic E-state index is 12.3. The molecule has 3 rings (SSSR count). The number of nitrogens with zero attached hydrogens (tertiary/aromatic N) is 5. The summed E-state index contributed by atoms with van der Waals surface area (Å²) in [4.78, 5) is 14.4. The summed E-state index contributed by atoms with van der Waals surface area (Å²) in [7, 11) is 0. The van der Waals surface area contributed by atoms with Crippen molar-refractivity contribution >= 4 is 23.1 Å². The molecular formula is C20H26N6O. The summed E-state index contributed by atoms with van der Waals surface area (Å²) < 4.78 is 1.73. The lowest BCUT2D eigenvalue weighted by Gasteiger charge is -2.19. The van der Waals surface area contributed by atoms with E-state index in [9.17, 15) is 4.79 Å². The molecule has 142 valence electrons. The number of aryl methyl sites for hydroxylation is 2. The lowest BCUT2D eigenvalue weighted by Crippen LogP contribution is -2.23. The molecule has 7 nitrogen and oxygen atoms in total. The third kappa shape index (κ3) is 4.42. The molecule has 0 saturated carbocycles. The summed E-state index contributed by atoms with van der Waals surface area (Å²) in [5.74, 6) is 1.53. The third-order valence-electron chi connectivity index (χ3n) is 4.62. The summed E-state index contributed by atoms with van der Waals surface area (Å²) >= 11 is 0. The maximum absolute atomic E-state index is 12.3. The Morgan fingerprint density at radius 1 is 1.04 bits per heavy atom. The van der Waals surface area contributed by atoms with Crippen molar-refractivity contribution in [2.75, 3.05) is 23.3 Å². The van der Waals surface area contributed by atoms with Gasteiger partial charge < -0.3 is 10.2 Å². The number of carbonyl (C=O) groups is 1. The van der Waals surface area contributed by atoms with Gasteiger partial charge in [-0.25, -0.2) is 0 Å². The minimum atomic E-state index is -0.0455. The Bertz CT molecular complexity index is 898. The smallest absolute Gasteiger partial charge is 0.224 e. The fourth-order valence-electron chi connectivity index (χ4n) is 2.97. The summed E-state index contributed by atoms with van der Waals surface area (Å²) in [6.45, 7) is 8.06. The molecule has 1 N–H and O–H groups in total. The van der Waals surface area contributed by atoms with Crippen LogP contribution in [-0.4, -0.2) is 38.8 Å². The number of hydrogen-bond donors (Lipinski definition) is 1. The van der Waals surface area contributed by atoms with Crippen molar-refractivity contribution in [1.82, 2.24) is 19.8 Å². The second-order valence-corrected chi connectivity index (χ2v) is 6.35. The second-order valence-electron chi connectivity index (χ2n) is 6.35. The van der Waals surface area contributed by atoms with Gasteiger partial charge in [0.1, 0.15) is 5.82 Å². The Hall–Kier alpha value is -2.96. The van der Waals surface area contributed by atoms with E-state index in [1.165, 1.54) is 5.56 Å². The zero-order valence-corrected chi connectivity index (χ0v) is 16.1. The van der Waals surface area contributed by atoms with E-state index in [-0.39, 0.29) is 5.91 Å². The van der Waals surface area contributed by atoms with Gasteiger partial charge in [-0.15, -0.1) is 15.3 Å².